The number of anilines is 1. The van der Waals surface area contributed by atoms with Crippen LogP contribution in [0.4, 0.5) is 10.1 Å². The average molecular weight is 370 g/mol. The second-order valence-corrected chi connectivity index (χ2v) is 6.21. The standard InChI is InChI=1S/C15H13BrFNO2S/c1-20-15(19)9-2-3-10(14(16)4-9)8-21-13-6-11(17)5-12(18)7-13/h2-7H,8,18H2,1H3. The lowest BCUT2D eigenvalue weighted by molar-refractivity contribution is 0.0600. The molecule has 0 aliphatic heterocycles. The molecule has 3 nitrogen and oxygen atoms in total. The number of thioether (sulfide) groups is 1. The van der Waals surface area contributed by atoms with Crippen LogP contribution in [0.3, 0.4) is 0 Å². The van der Waals surface area contributed by atoms with Gasteiger partial charge in [0.25, 0.3) is 0 Å². The van der Waals surface area contributed by atoms with E-state index in [2.05, 4.69) is 20.7 Å². The van der Waals surface area contributed by atoms with Crippen LogP contribution in [0.25, 0.3) is 0 Å². The summed E-state index contributed by atoms with van der Waals surface area (Å²) in [5, 5.41) is 0. The number of hydrogen-bond acceptors (Lipinski definition) is 4. The molecule has 0 bridgehead atoms. The van der Waals surface area contributed by atoms with Gasteiger partial charge >= 0.3 is 5.97 Å². The summed E-state index contributed by atoms with van der Waals surface area (Å²) in [7, 11) is 1.34. The predicted octanol–water partition coefficient (Wildman–Crippen LogP) is 4.25. The number of nitrogens with two attached hydrogens (primary N) is 1. The summed E-state index contributed by atoms with van der Waals surface area (Å²) in [6, 6.07) is 9.70. The number of rotatable bonds is 4. The van der Waals surface area contributed by atoms with Crippen LogP contribution < -0.4 is 5.73 Å². The highest BCUT2D eigenvalue weighted by Crippen LogP contribution is 2.29. The van der Waals surface area contributed by atoms with E-state index in [0.29, 0.717) is 17.0 Å². The summed E-state index contributed by atoms with van der Waals surface area (Å²) in [6.07, 6.45) is 0. The number of carbonyl (C=O) groups excluding carboxylic acids is 1. The molecule has 0 aromatic heterocycles. The maximum atomic E-state index is 13.3. The second kappa shape index (κ2) is 6.95. The highest BCUT2D eigenvalue weighted by Gasteiger charge is 2.09. The minimum atomic E-state index is -0.382. The van der Waals surface area contributed by atoms with Crippen molar-refractivity contribution >= 4 is 39.3 Å². The third-order valence-electron chi connectivity index (χ3n) is 2.76. The average Bonchev–Trinajstić information content (AvgIpc) is 2.44. The van der Waals surface area contributed by atoms with Gasteiger partial charge in [-0.15, -0.1) is 11.8 Å². The van der Waals surface area contributed by atoms with E-state index in [9.17, 15) is 9.18 Å². The summed E-state index contributed by atoms with van der Waals surface area (Å²) < 4.78 is 18.7. The topological polar surface area (TPSA) is 52.3 Å². The van der Waals surface area contributed by atoms with Gasteiger partial charge in [-0.2, -0.15) is 0 Å². The normalized spacial score (nSPS) is 10.4. The minimum absolute atomic E-state index is 0.349. The molecule has 0 atom stereocenters. The Morgan fingerprint density at radius 1 is 1.33 bits per heavy atom. The molecule has 0 amide bonds. The molecule has 2 rings (SSSR count). The maximum absolute atomic E-state index is 13.3. The Morgan fingerprint density at radius 3 is 2.71 bits per heavy atom. The van der Waals surface area contributed by atoms with Gasteiger partial charge in [0.1, 0.15) is 5.82 Å². The third kappa shape index (κ3) is 4.22. The van der Waals surface area contributed by atoms with Crippen molar-refractivity contribution in [2.45, 2.75) is 10.6 Å². The Balaban J connectivity index is 2.11. The van der Waals surface area contributed by atoms with Crippen molar-refractivity contribution in [1.82, 2.24) is 0 Å². The number of carbonyl (C=O) groups is 1. The molecular formula is C15H13BrFNO2S. The van der Waals surface area contributed by atoms with Gasteiger partial charge in [-0.1, -0.05) is 22.0 Å². The van der Waals surface area contributed by atoms with E-state index in [-0.39, 0.29) is 11.8 Å². The van der Waals surface area contributed by atoms with Crippen LogP contribution in [0.2, 0.25) is 0 Å². The Hall–Kier alpha value is -1.53. The largest absolute Gasteiger partial charge is 0.465 e. The van der Waals surface area contributed by atoms with E-state index in [1.165, 1.54) is 31.0 Å². The molecule has 110 valence electrons. The summed E-state index contributed by atoms with van der Waals surface area (Å²) in [5.41, 5.74) is 7.49. The summed E-state index contributed by atoms with van der Waals surface area (Å²) in [6.45, 7) is 0. The molecule has 6 heteroatoms. The summed E-state index contributed by atoms with van der Waals surface area (Å²) >= 11 is 4.90. The van der Waals surface area contributed by atoms with E-state index in [1.54, 1.807) is 18.2 Å². The first kappa shape index (κ1) is 15.9. The fraction of sp³-hybridized carbons (Fsp3) is 0.133. The summed E-state index contributed by atoms with van der Waals surface area (Å²) in [4.78, 5) is 12.2. The smallest absolute Gasteiger partial charge is 0.337 e. The number of esters is 1. The molecule has 0 fully saturated rings. The highest BCUT2D eigenvalue weighted by atomic mass is 79.9. The van der Waals surface area contributed by atoms with E-state index in [1.807, 2.05) is 6.07 Å². The van der Waals surface area contributed by atoms with Crippen LogP contribution in [-0.4, -0.2) is 13.1 Å². The molecule has 2 aromatic carbocycles. The third-order valence-corrected chi connectivity index (χ3v) is 4.52. The molecule has 0 heterocycles. The Labute approximate surface area is 134 Å². The van der Waals surface area contributed by atoms with Crippen LogP contribution in [0.1, 0.15) is 15.9 Å². The van der Waals surface area contributed by atoms with Crippen LogP contribution in [0, 0.1) is 5.82 Å². The van der Waals surface area contributed by atoms with Crippen LogP contribution >= 0.6 is 27.7 Å². The molecule has 0 spiro atoms. The SMILES string of the molecule is COC(=O)c1ccc(CSc2cc(N)cc(F)c2)c(Br)c1. The first-order valence-corrected chi connectivity index (χ1v) is 7.83. The molecule has 0 aliphatic carbocycles. The number of halogens is 2. The zero-order valence-corrected chi connectivity index (χ0v) is 13.6. The Kier molecular flexibility index (Phi) is 5.25. The van der Waals surface area contributed by atoms with Crippen molar-refractivity contribution in [3.05, 3.63) is 57.8 Å². The fourth-order valence-corrected chi connectivity index (χ4v) is 3.43. The van der Waals surface area contributed by atoms with Crippen molar-refractivity contribution in [3.8, 4) is 0 Å². The Morgan fingerprint density at radius 2 is 2.10 bits per heavy atom. The van der Waals surface area contributed by atoms with Gasteiger partial charge in [-0.25, -0.2) is 9.18 Å². The molecule has 0 saturated heterocycles. The molecule has 21 heavy (non-hydrogen) atoms. The van der Waals surface area contributed by atoms with Crippen LogP contribution in [0.5, 0.6) is 0 Å². The zero-order valence-electron chi connectivity index (χ0n) is 11.2. The number of ether oxygens (including phenoxy) is 1. The fourth-order valence-electron chi connectivity index (χ4n) is 1.74. The molecule has 2 N–H and O–H groups in total. The summed E-state index contributed by atoms with van der Waals surface area (Å²) in [5.74, 6) is -0.101. The molecule has 0 radical (unpaired) electrons. The van der Waals surface area contributed by atoms with Gasteiger partial charge in [0.15, 0.2) is 0 Å². The van der Waals surface area contributed by atoms with Crippen molar-refractivity contribution < 1.29 is 13.9 Å². The second-order valence-electron chi connectivity index (χ2n) is 4.31. The van der Waals surface area contributed by atoms with E-state index in [0.717, 1.165) is 14.9 Å². The molecule has 2 aromatic rings. The van der Waals surface area contributed by atoms with Gasteiger partial charge in [0, 0.05) is 20.8 Å². The number of hydrogen-bond donors (Lipinski definition) is 1. The van der Waals surface area contributed by atoms with Gasteiger partial charge in [-0.05, 0) is 35.9 Å². The molecule has 0 unspecified atom stereocenters. The van der Waals surface area contributed by atoms with E-state index < -0.39 is 0 Å². The van der Waals surface area contributed by atoms with Gasteiger partial charge in [-0.3, -0.25) is 0 Å². The molecule has 0 aliphatic rings. The quantitative estimate of drug-likeness (QED) is 0.497. The van der Waals surface area contributed by atoms with Crippen molar-refractivity contribution in [2.24, 2.45) is 0 Å². The van der Waals surface area contributed by atoms with Crippen LogP contribution in [0.15, 0.2) is 45.8 Å². The van der Waals surface area contributed by atoms with Crippen molar-refractivity contribution in [1.29, 1.82) is 0 Å². The highest BCUT2D eigenvalue weighted by molar-refractivity contribution is 9.10. The predicted molar refractivity (Wildman–Crippen MR) is 85.9 cm³/mol. The number of methoxy groups -OCH3 is 1. The number of nitrogen functional groups attached to an aromatic ring is 1. The van der Waals surface area contributed by atoms with E-state index >= 15 is 0 Å². The maximum Gasteiger partial charge on any atom is 0.337 e. The lowest BCUT2D eigenvalue weighted by atomic mass is 10.1. The number of benzene rings is 2. The first-order valence-electron chi connectivity index (χ1n) is 6.05. The van der Waals surface area contributed by atoms with E-state index in [4.69, 9.17) is 5.73 Å². The lowest BCUT2D eigenvalue weighted by Gasteiger charge is -2.07. The van der Waals surface area contributed by atoms with Crippen molar-refractivity contribution in [2.75, 3.05) is 12.8 Å². The Bertz CT molecular complexity index is 658. The lowest BCUT2D eigenvalue weighted by Crippen LogP contribution is -2.01. The van der Waals surface area contributed by atoms with Crippen LogP contribution in [-0.2, 0) is 10.5 Å². The first-order chi connectivity index (χ1) is 9.99. The molecular weight excluding hydrogens is 357 g/mol. The monoisotopic (exact) mass is 369 g/mol. The molecule has 0 saturated carbocycles. The van der Waals surface area contributed by atoms with Crippen molar-refractivity contribution in [3.63, 3.8) is 0 Å². The minimum Gasteiger partial charge on any atom is -0.465 e. The van der Waals surface area contributed by atoms with Gasteiger partial charge < -0.3 is 10.5 Å². The van der Waals surface area contributed by atoms with Gasteiger partial charge in [0.2, 0.25) is 0 Å². The zero-order chi connectivity index (χ0) is 15.4. The van der Waals surface area contributed by atoms with Gasteiger partial charge in [0.05, 0.1) is 12.7 Å².